The van der Waals surface area contributed by atoms with Gasteiger partial charge in [0, 0.05) is 23.7 Å². The molecule has 0 atom stereocenters. The highest BCUT2D eigenvalue weighted by molar-refractivity contribution is 6.30. The Bertz CT molecular complexity index is 1010. The highest BCUT2D eigenvalue weighted by Gasteiger charge is 2.09. The number of H-pyrrole nitrogens is 1. The maximum atomic E-state index is 12.4. The van der Waals surface area contributed by atoms with Gasteiger partial charge >= 0.3 is 5.69 Å². The van der Waals surface area contributed by atoms with E-state index >= 15 is 0 Å². The van der Waals surface area contributed by atoms with Crippen LogP contribution in [0.1, 0.15) is 6.42 Å². The second-order valence-electron chi connectivity index (χ2n) is 5.24. The van der Waals surface area contributed by atoms with E-state index < -0.39 is 11.2 Å². The summed E-state index contributed by atoms with van der Waals surface area (Å²) in [4.78, 5) is 39.0. The molecule has 0 bridgehead atoms. The number of benzene rings is 2. The SMILES string of the molecule is O=C(CCn1c(=O)[nH]c2ccccc2c1=O)Nc1ccc(Cl)cc1. The van der Waals surface area contributed by atoms with Crippen molar-refractivity contribution in [3.8, 4) is 0 Å². The molecule has 122 valence electrons. The van der Waals surface area contributed by atoms with Crippen molar-refractivity contribution in [3.05, 3.63) is 74.4 Å². The van der Waals surface area contributed by atoms with Crippen molar-refractivity contribution in [2.24, 2.45) is 0 Å². The average molecular weight is 344 g/mol. The van der Waals surface area contributed by atoms with E-state index in [1.54, 1.807) is 48.5 Å². The van der Waals surface area contributed by atoms with Gasteiger partial charge in [-0.1, -0.05) is 23.7 Å². The summed E-state index contributed by atoms with van der Waals surface area (Å²) in [5.74, 6) is -0.295. The van der Waals surface area contributed by atoms with Crippen LogP contribution < -0.4 is 16.6 Å². The fourth-order valence-electron chi connectivity index (χ4n) is 2.37. The van der Waals surface area contributed by atoms with Crippen molar-refractivity contribution in [1.82, 2.24) is 9.55 Å². The monoisotopic (exact) mass is 343 g/mol. The van der Waals surface area contributed by atoms with Gasteiger partial charge in [-0.3, -0.25) is 14.2 Å². The summed E-state index contributed by atoms with van der Waals surface area (Å²) in [5.41, 5.74) is 0.144. The van der Waals surface area contributed by atoms with Gasteiger partial charge in [-0.2, -0.15) is 0 Å². The Labute approximate surface area is 141 Å². The number of hydrogen-bond acceptors (Lipinski definition) is 3. The van der Waals surface area contributed by atoms with Gasteiger partial charge < -0.3 is 10.3 Å². The quantitative estimate of drug-likeness (QED) is 0.762. The van der Waals surface area contributed by atoms with E-state index in [0.717, 1.165) is 4.57 Å². The summed E-state index contributed by atoms with van der Waals surface area (Å²) in [5, 5.41) is 3.67. The van der Waals surface area contributed by atoms with E-state index in [1.807, 2.05) is 0 Å². The minimum atomic E-state index is -0.530. The molecule has 6 nitrogen and oxygen atoms in total. The number of halogens is 1. The zero-order valence-electron chi connectivity index (χ0n) is 12.6. The molecule has 0 radical (unpaired) electrons. The molecule has 3 aromatic rings. The first-order chi connectivity index (χ1) is 11.5. The molecule has 2 N–H and O–H groups in total. The molecule has 0 aliphatic rings. The van der Waals surface area contributed by atoms with Crippen LogP contribution in [0.5, 0.6) is 0 Å². The predicted molar refractivity (Wildman–Crippen MR) is 93.5 cm³/mol. The first kappa shape index (κ1) is 16.0. The molecule has 7 heteroatoms. The maximum absolute atomic E-state index is 12.4. The van der Waals surface area contributed by atoms with Crippen LogP contribution in [0.3, 0.4) is 0 Å². The fourth-order valence-corrected chi connectivity index (χ4v) is 2.50. The molecule has 0 spiro atoms. The van der Waals surface area contributed by atoms with Crippen LogP contribution in [0.4, 0.5) is 5.69 Å². The second kappa shape index (κ2) is 6.72. The van der Waals surface area contributed by atoms with Crippen molar-refractivity contribution >= 4 is 34.1 Å². The van der Waals surface area contributed by atoms with Gasteiger partial charge in [0.15, 0.2) is 0 Å². The van der Waals surface area contributed by atoms with Crippen molar-refractivity contribution < 1.29 is 4.79 Å². The zero-order valence-corrected chi connectivity index (χ0v) is 13.3. The molecule has 0 fully saturated rings. The lowest BCUT2D eigenvalue weighted by molar-refractivity contribution is -0.116. The van der Waals surface area contributed by atoms with E-state index in [4.69, 9.17) is 11.6 Å². The number of rotatable bonds is 4. The van der Waals surface area contributed by atoms with E-state index in [2.05, 4.69) is 10.3 Å². The Kier molecular flexibility index (Phi) is 4.48. The molecule has 0 unspecified atom stereocenters. The third-order valence-electron chi connectivity index (χ3n) is 3.58. The average Bonchev–Trinajstić information content (AvgIpc) is 2.57. The number of hydrogen-bond donors (Lipinski definition) is 2. The third-order valence-corrected chi connectivity index (χ3v) is 3.83. The van der Waals surface area contributed by atoms with Gasteiger partial charge in [-0.25, -0.2) is 4.79 Å². The number of amides is 1. The van der Waals surface area contributed by atoms with Crippen LogP contribution >= 0.6 is 11.6 Å². The molecule has 0 aliphatic heterocycles. The van der Waals surface area contributed by atoms with Gasteiger partial charge in [-0.15, -0.1) is 0 Å². The summed E-state index contributed by atoms with van der Waals surface area (Å²) in [6, 6.07) is 13.4. The number of aromatic nitrogens is 2. The Morgan fingerprint density at radius 1 is 1.08 bits per heavy atom. The van der Waals surface area contributed by atoms with Crippen molar-refractivity contribution in [2.45, 2.75) is 13.0 Å². The van der Waals surface area contributed by atoms with Crippen LogP contribution in [0.15, 0.2) is 58.1 Å². The number of nitrogens with zero attached hydrogens (tertiary/aromatic N) is 1. The largest absolute Gasteiger partial charge is 0.328 e. The smallest absolute Gasteiger partial charge is 0.326 e. The molecule has 0 saturated carbocycles. The highest BCUT2D eigenvalue weighted by Crippen LogP contribution is 2.13. The van der Waals surface area contributed by atoms with Gasteiger partial charge in [0.25, 0.3) is 5.56 Å². The normalized spacial score (nSPS) is 10.7. The number of nitrogens with one attached hydrogen (secondary N) is 2. The summed E-state index contributed by atoms with van der Waals surface area (Å²) >= 11 is 5.78. The lowest BCUT2D eigenvalue weighted by atomic mass is 10.2. The molecule has 1 heterocycles. The van der Waals surface area contributed by atoms with Crippen molar-refractivity contribution in [2.75, 3.05) is 5.32 Å². The number of anilines is 1. The lowest BCUT2D eigenvalue weighted by Gasteiger charge is -2.07. The molecule has 1 aromatic heterocycles. The second-order valence-corrected chi connectivity index (χ2v) is 5.67. The molecular weight excluding hydrogens is 330 g/mol. The first-order valence-electron chi connectivity index (χ1n) is 7.32. The summed E-state index contributed by atoms with van der Waals surface area (Å²) < 4.78 is 1.03. The molecule has 1 amide bonds. The standard InChI is InChI=1S/C17H14ClN3O3/c18-11-5-7-12(8-6-11)19-15(22)9-10-21-16(23)13-3-1-2-4-14(13)20-17(21)24/h1-8H,9-10H2,(H,19,22)(H,20,24). The van der Waals surface area contributed by atoms with E-state index in [9.17, 15) is 14.4 Å². The third kappa shape index (κ3) is 3.38. The maximum Gasteiger partial charge on any atom is 0.328 e. The van der Waals surface area contributed by atoms with Crippen LogP contribution in [0, 0.1) is 0 Å². The van der Waals surface area contributed by atoms with Crippen LogP contribution in [0.2, 0.25) is 5.02 Å². The lowest BCUT2D eigenvalue weighted by Crippen LogP contribution is -2.36. The van der Waals surface area contributed by atoms with E-state index in [0.29, 0.717) is 21.6 Å². The Hall–Kier alpha value is -2.86. The van der Waals surface area contributed by atoms with Crippen LogP contribution in [-0.4, -0.2) is 15.5 Å². The first-order valence-corrected chi connectivity index (χ1v) is 7.70. The Morgan fingerprint density at radius 3 is 2.54 bits per heavy atom. The van der Waals surface area contributed by atoms with Gasteiger partial charge in [-0.05, 0) is 36.4 Å². The fraction of sp³-hybridized carbons (Fsp3) is 0.118. The number of carbonyl (C=O) groups is 1. The number of aromatic amines is 1. The topological polar surface area (TPSA) is 84.0 Å². The Balaban J connectivity index is 1.76. The van der Waals surface area contributed by atoms with Crippen LogP contribution in [-0.2, 0) is 11.3 Å². The van der Waals surface area contributed by atoms with Gasteiger partial charge in [0.1, 0.15) is 0 Å². The molecular formula is C17H14ClN3O3. The Morgan fingerprint density at radius 2 is 1.79 bits per heavy atom. The highest BCUT2D eigenvalue weighted by atomic mass is 35.5. The molecule has 2 aromatic carbocycles. The van der Waals surface area contributed by atoms with E-state index in [-0.39, 0.29) is 18.9 Å². The van der Waals surface area contributed by atoms with E-state index in [1.165, 1.54) is 0 Å². The molecule has 24 heavy (non-hydrogen) atoms. The summed E-state index contributed by atoms with van der Waals surface area (Å²) in [6.45, 7) is -0.00156. The van der Waals surface area contributed by atoms with Crippen molar-refractivity contribution in [1.29, 1.82) is 0 Å². The molecule has 0 aliphatic carbocycles. The predicted octanol–water partition coefficient (Wildman–Crippen LogP) is 2.37. The number of fused-ring (bicyclic) bond motifs is 1. The minimum Gasteiger partial charge on any atom is -0.326 e. The van der Waals surface area contributed by atoms with Gasteiger partial charge in [0.2, 0.25) is 5.91 Å². The minimum absolute atomic E-state index is 0.00156. The summed E-state index contributed by atoms with van der Waals surface area (Å²) in [7, 11) is 0. The number of para-hydroxylation sites is 1. The van der Waals surface area contributed by atoms with Gasteiger partial charge in [0.05, 0.1) is 10.9 Å². The summed E-state index contributed by atoms with van der Waals surface area (Å²) in [6.07, 6.45) is 0.00392. The van der Waals surface area contributed by atoms with Crippen LogP contribution in [0.25, 0.3) is 10.9 Å². The number of carbonyl (C=O) groups excluding carboxylic acids is 1. The molecule has 3 rings (SSSR count). The van der Waals surface area contributed by atoms with Crippen molar-refractivity contribution in [3.63, 3.8) is 0 Å². The zero-order chi connectivity index (χ0) is 17.1. The molecule has 0 saturated heterocycles.